The highest BCUT2D eigenvalue weighted by molar-refractivity contribution is 5.94. The molecule has 3 rings (SSSR count). The molecule has 2 aliphatic rings. The number of hydrogen-bond donors (Lipinski definition) is 0. The molecule has 0 atom stereocenters. The summed E-state index contributed by atoms with van der Waals surface area (Å²) in [6.07, 6.45) is 1.42. The zero-order valence-electron chi connectivity index (χ0n) is 16.4. The molecule has 8 heteroatoms. The largest absolute Gasteiger partial charge is 0.372 e. The molecule has 0 aliphatic carbocycles. The van der Waals surface area contributed by atoms with Crippen LogP contribution < -0.4 is 0 Å². The average Bonchev–Trinajstić information content (AvgIpc) is 2.81. The van der Waals surface area contributed by atoms with E-state index in [4.69, 9.17) is 4.74 Å². The number of ether oxygens (including phenoxy) is 1. The van der Waals surface area contributed by atoms with E-state index in [0.717, 1.165) is 18.7 Å². The van der Waals surface area contributed by atoms with Gasteiger partial charge in [-0.15, -0.1) is 0 Å². The molecule has 2 heterocycles. The Hall–Kier alpha value is -2.06. The van der Waals surface area contributed by atoms with Gasteiger partial charge in [0.25, 0.3) is 5.91 Å². The van der Waals surface area contributed by atoms with E-state index in [-0.39, 0.29) is 17.4 Å². The van der Waals surface area contributed by atoms with Crippen LogP contribution in [0.5, 0.6) is 0 Å². The van der Waals surface area contributed by atoms with Gasteiger partial charge < -0.3 is 19.4 Å². The zero-order chi connectivity index (χ0) is 20.3. The van der Waals surface area contributed by atoms with Crippen molar-refractivity contribution in [2.75, 3.05) is 53.4 Å². The first-order valence-electron chi connectivity index (χ1n) is 9.60. The second-order valence-electron chi connectivity index (χ2n) is 7.81. The molecule has 1 spiro atoms. The lowest BCUT2D eigenvalue weighted by Gasteiger charge is -2.40. The summed E-state index contributed by atoms with van der Waals surface area (Å²) < 4.78 is 32.6. The minimum absolute atomic E-state index is 0.0831. The summed E-state index contributed by atoms with van der Waals surface area (Å²) in [4.78, 5) is 30.8. The second kappa shape index (κ2) is 8.53. The van der Waals surface area contributed by atoms with E-state index in [0.29, 0.717) is 52.0 Å². The van der Waals surface area contributed by atoms with Gasteiger partial charge in [-0.2, -0.15) is 0 Å². The molecular formula is C20H27F2N3O3. The van der Waals surface area contributed by atoms with Gasteiger partial charge >= 0.3 is 0 Å². The van der Waals surface area contributed by atoms with E-state index < -0.39 is 17.2 Å². The molecule has 0 bridgehead atoms. The Labute approximate surface area is 164 Å². The van der Waals surface area contributed by atoms with Crippen molar-refractivity contribution in [1.82, 2.24) is 14.7 Å². The molecular weight excluding hydrogens is 368 g/mol. The molecule has 2 saturated heterocycles. The van der Waals surface area contributed by atoms with Gasteiger partial charge in [0.2, 0.25) is 5.91 Å². The van der Waals surface area contributed by atoms with E-state index in [1.165, 1.54) is 6.07 Å². The Balaban J connectivity index is 1.60. The first-order chi connectivity index (χ1) is 13.3. The molecule has 2 aliphatic heterocycles. The quantitative estimate of drug-likeness (QED) is 0.780. The van der Waals surface area contributed by atoms with Crippen molar-refractivity contribution in [1.29, 1.82) is 0 Å². The van der Waals surface area contributed by atoms with Crippen LogP contribution in [0.25, 0.3) is 0 Å². The summed E-state index contributed by atoms with van der Waals surface area (Å²) in [7, 11) is 3.94. The van der Waals surface area contributed by atoms with Crippen molar-refractivity contribution < 1.29 is 23.1 Å². The van der Waals surface area contributed by atoms with Gasteiger partial charge in [0, 0.05) is 38.3 Å². The Kier molecular flexibility index (Phi) is 6.30. The number of benzene rings is 1. The number of hydrogen-bond acceptors (Lipinski definition) is 4. The van der Waals surface area contributed by atoms with Crippen molar-refractivity contribution in [2.24, 2.45) is 0 Å². The van der Waals surface area contributed by atoms with Crippen molar-refractivity contribution in [3.05, 3.63) is 35.4 Å². The summed E-state index contributed by atoms with van der Waals surface area (Å²) in [5.41, 5.74) is -0.419. The fourth-order valence-corrected chi connectivity index (χ4v) is 3.74. The molecule has 0 unspecified atom stereocenters. The Morgan fingerprint density at radius 3 is 2.54 bits per heavy atom. The van der Waals surface area contributed by atoms with Crippen LogP contribution in [0.4, 0.5) is 8.78 Å². The van der Waals surface area contributed by atoms with Crippen molar-refractivity contribution >= 4 is 11.8 Å². The number of carbonyl (C=O) groups is 2. The van der Waals surface area contributed by atoms with Crippen molar-refractivity contribution in [3.63, 3.8) is 0 Å². The molecule has 1 aromatic rings. The van der Waals surface area contributed by atoms with Crippen LogP contribution in [0.3, 0.4) is 0 Å². The first kappa shape index (κ1) is 20.7. The van der Waals surface area contributed by atoms with Crippen LogP contribution in [0.15, 0.2) is 18.2 Å². The highest BCUT2D eigenvalue weighted by Crippen LogP contribution is 2.33. The normalized spacial score (nSPS) is 20.0. The third-order valence-corrected chi connectivity index (χ3v) is 5.54. The Morgan fingerprint density at radius 2 is 1.89 bits per heavy atom. The maximum absolute atomic E-state index is 13.4. The lowest BCUT2D eigenvalue weighted by atomic mass is 9.87. The van der Waals surface area contributed by atoms with Crippen LogP contribution in [0, 0.1) is 11.6 Å². The summed E-state index contributed by atoms with van der Waals surface area (Å²) in [6.45, 7) is 3.37. The predicted octanol–water partition coefficient (Wildman–Crippen LogP) is 1.75. The van der Waals surface area contributed by atoms with Gasteiger partial charge in [-0.1, -0.05) is 0 Å². The number of likely N-dealkylation sites (N-methyl/N-ethyl adjacent to an activating group) is 1. The maximum atomic E-state index is 13.4. The molecule has 154 valence electrons. The van der Waals surface area contributed by atoms with Gasteiger partial charge in [0.1, 0.15) is 0 Å². The zero-order valence-corrected chi connectivity index (χ0v) is 16.4. The van der Waals surface area contributed by atoms with Crippen LogP contribution in [0.1, 0.15) is 29.6 Å². The molecule has 2 amide bonds. The second-order valence-corrected chi connectivity index (χ2v) is 7.81. The minimum Gasteiger partial charge on any atom is -0.372 e. The molecule has 28 heavy (non-hydrogen) atoms. The number of piperidine rings is 1. The van der Waals surface area contributed by atoms with Crippen LogP contribution >= 0.6 is 0 Å². The lowest BCUT2D eigenvalue weighted by Crippen LogP contribution is -2.49. The molecule has 6 nitrogen and oxygen atoms in total. The summed E-state index contributed by atoms with van der Waals surface area (Å²) in [6, 6.07) is 3.18. The maximum Gasteiger partial charge on any atom is 0.253 e. The van der Waals surface area contributed by atoms with E-state index >= 15 is 0 Å². The molecule has 1 aromatic carbocycles. The van der Waals surface area contributed by atoms with Gasteiger partial charge in [-0.3, -0.25) is 9.59 Å². The van der Waals surface area contributed by atoms with Gasteiger partial charge in [-0.05, 0) is 45.1 Å². The third kappa shape index (κ3) is 4.67. The number of rotatable bonds is 4. The summed E-state index contributed by atoms with van der Waals surface area (Å²) in [5.74, 6) is -2.26. The molecule has 0 saturated carbocycles. The average molecular weight is 395 g/mol. The number of carbonyl (C=O) groups excluding carboxylic acids is 2. The fourth-order valence-electron chi connectivity index (χ4n) is 3.74. The third-order valence-electron chi connectivity index (χ3n) is 5.54. The summed E-state index contributed by atoms with van der Waals surface area (Å²) >= 11 is 0. The minimum atomic E-state index is -1.03. The van der Waals surface area contributed by atoms with Crippen molar-refractivity contribution in [2.45, 2.75) is 24.9 Å². The monoisotopic (exact) mass is 395 g/mol. The predicted molar refractivity (Wildman–Crippen MR) is 99.9 cm³/mol. The molecule has 0 aromatic heterocycles. The SMILES string of the molecule is CN(C)CCN1CCOC2(CCN(C(=O)c3ccc(F)c(F)c3)CC2)CC1=O. The van der Waals surface area contributed by atoms with Crippen LogP contribution in [0.2, 0.25) is 0 Å². The van der Waals surface area contributed by atoms with E-state index in [9.17, 15) is 18.4 Å². The van der Waals surface area contributed by atoms with Crippen LogP contribution in [-0.2, 0) is 9.53 Å². The van der Waals surface area contributed by atoms with Gasteiger partial charge in [0.15, 0.2) is 11.6 Å². The number of likely N-dealkylation sites (tertiary alicyclic amines) is 1. The fraction of sp³-hybridized carbons (Fsp3) is 0.600. The van der Waals surface area contributed by atoms with Gasteiger partial charge in [-0.25, -0.2) is 8.78 Å². The Bertz CT molecular complexity index is 733. The van der Waals surface area contributed by atoms with Gasteiger partial charge in [0.05, 0.1) is 18.6 Å². The highest BCUT2D eigenvalue weighted by atomic mass is 19.2. The van der Waals surface area contributed by atoms with E-state index in [2.05, 4.69) is 0 Å². The summed E-state index contributed by atoms with van der Waals surface area (Å²) in [5, 5.41) is 0. The standard InChI is InChI=1S/C20H27F2N3O3/c1-23(2)9-10-24-11-12-28-20(14-18(24)26)5-7-25(8-6-20)19(27)15-3-4-16(21)17(22)13-15/h3-4,13H,5-12,14H2,1-2H3. The van der Waals surface area contributed by atoms with E-state index in [1.54, 1.807) is 4.90 Å². The molecule has 0 N–H and O–H groups in total. The lowest BCUT2D eigenvalue weighted by molar-refractivity contribution is -0.135. The smallest absolute Gasteiger partial charge is 0.253 e. The van der Waals surface area contributed by atoms with Crippen molar-refractivity contribution in [3.8, 4) is 0 Å². The number of halogens is 2. The topological polar surface area (TPSA) is 53.1 Å². The Morgan fingerprint density at radius 1 is 1.18 bits per heavy atom. The highest BCUT2D eigenvalue weighted by Gasteiger charge is 2.41. The molecule has 0 radical (unpaired) electrons. The number of amides is 2. The molecule has 2 fully saturated rings. The van der Waals surface area contributed by atoms with Crippen LogP contribution in [-0.4, -0.2) is 85.5 Å². The number of nitrogens with zero attached hydrogens (tertiary/aromatic N) is 3. The first-order valence-corrected chi connectivity index (χ1v) is 9.60. The van der Waals surface area contributed by atoms with E-state index in [1.807, 2.05) is 23.9 Å².